The molecular formula is C45H48O4S2. The summed E-state index contributed by atoms with van der Waals surface area (Å²) in [5, 5.41) is 0. The molecule has 0 saturated carbocycles. The van der Waals surface area contributed by atoms with Crippen LogP contribution in [0, 0.1) is 0 Å². The van der Waals surface area contributed by atoms with E-state index in [1.165, 1.54) is 70.2 Å². The number of thioether (sulfide) groups is 2. The fourth-order valence-corrected chi connectivity index (χ4v) is 7.46. The van der Waals surface area contributed by atoms with E-state index in [0.29, 0.717) is 12.8 Å². The quantitative estimate of drug-likeness (QED) is 0.0728. The van der Waals surface area contributed by atoms with Gasteiger partial charge in [-0.25, -0.2) is 0 Å². The fourth-order valence-electron chi connectivity index (χ4n) is 5.60. The minimum absolute atomic E-state index is 0.157. The number of rotatable bonds is 12. The molecule has 0 aliphatic heterocycles. The van der Waals surface area contributed by atoms with Gasteiger partial charge in [0.05, 0.1) is 20.6 Å². The van der Waals surface area contributed by atoms with E-state index in [9.17, 15) is 9.59 Å². The first kappa shape index (κ1) is 39.3. The Morgan fingerprint density at radius 1 is 0.569 bits per heavy atom. The van der Waals surface area contributed by atoms with Crippen molar-refractivity contribution in [3.8, 4) is 0 Å². The van der Waals surface area contributed by atoms with Gasteiger partial charge in [0.1, 0.15) is 0 Å². The lowest BCUT2D eigenvalue weighted by molar-refractivity contribution is -0.141. The molecule has 0 bridgehead atoms. The van der Waals surface area contributed by atoms with Gasteiger partial charge in [0.2, 0.25) is 0 Å². The molecule has 0 spiro atoms. The van der Waals surface area contributed by atoms with E-state index in [2.05, 4.69) is 73.3 Å². The van der Waals surface area contributed by atoms with Crippen molar-refractivity contribution in [3.05, 3.63) is 179 Å². The number of allylic oxidation sites excluding steroid dienone is 1. The van der Waals surface area contributed by atoms with Gasteiger partial charge in [-0.3, -0.25) is 9.59 Å². The van der Waals surface area contributed by atoms with Crippen LogP contribution in [-0.2, 0) is 56.9 Å². The van der Waals surface area contributed by atoms with Gasteiger partial charge in [-0.2, -0.15) is 0 Å². The zero-order chi connectivity index (χ0) is 36.1. The molecule has 6 rings (SSSR count). The second kappa shape index (κ2) is 22.3. The highest BCUT2D eigenvalue weighted by Gasteiger charge is 2.10. The number of carbonyl (C=O) groups excluding carboxylic acids is 2. The van der Waals surface area contributed by atoms with E-state index in [4.69, 9.17) is 9.47 Å². The summed E-state index contributed by atoms with van der Waals surface area (Å²) in [5.74, 6) is 1.58. The predicted molar refractivity (Wildman–Crippen MR) is 213 cm³/mol. The van der Waals surface area contributed by atoms with Crippen LogP contribution in [0.3, 0.4) is 0 Å². The van der Waals surface area contributed by atoms with Crippen LogP contribution in [0.4, 0.5) is 0 Å². The molecule has 0 heterocycles. The highest BCUT2D eigenvalue weighted by molar-refractivity contribution is 7.99. The summed E-state index contributed by atoms with van der Waals surface area (Å²) in [6.07, 6.45) is 5.93. The normalized spacial score (nSPS) is 11.5. The molecular weight excluding hydrogens is 669 g/mol. The Hall–Kier alpha value is -4.52. The molecule has 0 unspecified atom stereocenters. The molecule has 0 radical (unpaired) electrons. The average molecular weight is 717 g/mol. The minimum atomic E-state index is -0.187. The first-order valence-corrected chi connectivity index (χ1v) is 19.3. The minimum Gasteiger partial charge on any atom is -0.469 e. The van der Waals surface area contributed by atoms with Crippen LogP contribution in [0.15, 0.2) is 155 Å². The smallest absolute Gasteiger partial charge is 0.309 e. The van der Waals surface area contributed by atoms with Crippen LogP contribution in [0.5, 0.6) is 0 Å². The first-order chi connectivity index (χ1) is 24.9. The number of esters is 2. The fraction of sp³-hybridized carbons (Fsp3) is 0.244. The molecule has 1 aliphatic rings. The van der Waals surface area contributed by atoms with Gasteiger partial charge in [-0.1, -0.05) is 121 Å². The second-order valence-corrected chi connectivity index (χ2v) is 14.3. The summed E-state index contributed by atoms with van der Waals surface area (Å²) in [6, 6.07) is 45.7. The van der Waals surface area contributed by atoms with E-state index in [1.807, 2.05) is 90.3 Å². The Morgan fingerprint density at radius 3 is 1.71 bits per heavy atom. The lowest BCUT2D eigenvalue weighted by Crippen LogP contribution is -2.07. The Balaban J connectivity index is 0.000000179. The maximum atomic E-state index is 11.4. The number of ether oxygens (including phenoxy) is 2. The van der Waals surface area contributed by atoms with Crippen LogP contribution in [0.2, 0.25) is 0 Å². The SMILES string of the molecule is C=C1CCc2ccccc2C1.COC(=O)CCc1ccccc1CSc1ccccc1.COC(=O)Cc1ccccc1CCSc1ccccc1. The maximum Gasteiger partial charge on any atom is 0.309 e. The summed E-state index contributed by atoms with van der Waals surface area (Å²) in [5.41, 5.74) is 9.16. The lowest BCUT2D eigenvalue weighted by Gasteiger charge is -2.16. The molecule has 0 atom stereocenters. The Morgan fingerprint density at radius 2 is 1.08 bits per heavy atom. The second-order valence-electron chi connectivity index (χ2n) is 12.1. The predicted octanol–water partition coefficient (Wildman–Crippen LogP) is 10.6. The zero-order valence-corrected chi connectivity index (χ0v) is 31.4. The number of aryl methyl sites for hydroxylation is 3. The largest absolute Gasteiger partial charge is 0.469 e. The van der Waals surface area contributed by atoms with Gasteiger partial charge in [0, 0.05) is 27.7 Å². The first-order valence-electron chi connectivity index (χ1n) is 17.3. The van der Waals surface area contributed by atoms with Crippen molar-refractivity contribution >= 4 is 35.5 Å². The molecule has 0 fully saturated rings. The summed E-state index contributed by atoms with van der Waals surface area (Å²) in [4.78, 5) is 25.2. The van der Waals surface area contributed by atoms with Gasteiger partial charge in [-0.15, -0.1) is 23.5 Å². The van der Waals surface area contributed by atoms with E-state index in [-0.39, 0.29) is 11.9 Å². The van der Waals surface area contributed by atoms with Crippen molar-refractivity contribution in [2.24, 2.45) is 0 Å². The van der Waals surface area contributed by atoms with Gasteiger partial charge < -0.3 is 9.47 Å². The summed E-state index contributed by atoms with van der Waals surface area (Å²) < 4.78 is 9.44. The third-order valence-electron chi connectivity index (χ3n) is 8.45. The van der Waals surface area contributed by atoms with E-state index in [1.54, 1.807) is 0 Å². The van der Waals surface area contributed by atoms with Crippen molar-refractivity contribution < 1.29 is 19.1 Å². The van der Waals surface area contributed by atoms with Crippen LogP contribution in [0.25, 0.3) is 0 Å². The Bertz CT molecular complexity index is 1800. The summed E-state index contributed by atoms with van der Waals surface area (Å²) in [6.45, 7) is 4.01. The highest BCUT2D eigenvalue weighted by atomic mass is 32.2. The van der Waals surface area contributed by atoms with Gasteiger partial charge in [0.15, 0.2) is 0 Å². The third-order valence-corrected chi connectivity index (χ3v) is 10.5. The highest BCUT2D eigenvalue weighted by Crippen LogP contribution is 2.25. The van der Waals surface area contributed by atoms with Crippen LogP contribution >= 0.6 is 23.5 Å². The molecule has 0 N–H and O–H groups in total. The Kier molecular flexibility index (Phi) is 17.2. The van der Waals surface area contributed by atoms with Crippen molar-refractivity contribution in [3.63, 3.8) is 0 Å². The number of benzene rings is 5. The van der Waals surface area contributed by atoms with Gasteiger partial charge in [0.25, 0.3) is 0 Å². The van der Waals surface area contributed by atoms with Gasteiger partial charge >= 0.3 is 11.9 Å². The maximum absolute atomic E-state index is 11.4. The number of hydrogen-bond acceptors (Lipinski definition) is 6. The van der Waals surface area contributed by atoms with Crippen molar-refractivity contribution in [1.82, 2.24) is 0 Å². The van der Waals surface area contributed by atoms with E-state index < -0.39 is 0 Å². The van der Waals surface area contributed by atoms with Gasteiger partial charge in [-0.05, 0) is 89.8 Å². The monoisotopic (exact) mass is 716 g/mol. The molecule has 4 nitrogen and oxygen atoms in total. The molecule has 264 valence electrons. The van der Waals surface area contributed by atoms with Crippen LogP contribution in [0.1, 0.15) is 46.2 Å². The molecule has 0 amide bonds. The average Bonchev–Trinajstić information content (AvgIpc) is 3.18. The topological polar surface area (TPSA) is 52.6 Å². The number of fused-ring (bicyclic) bond motifs is 1. The van der Waals surface area contributed by atoms with E-state index >= 15 is 0 Å². The molecule has 0 aromatic heterocycles. The summed E-state index contributed by atoms with van der Waals surface area (Å²) in [7, 11) is 2.86. The Labute approximate surface area is 312 Å². The standard InChI is InChI=1S/2C17H18O2S.C11H12/c1-19-17(18)13-15-8-6-5-7-14(15)11-12-20-16-9-3-2-4-10-16;1-19-17(18)12-11-14-7-5-6-8-15(14)13-20-16-9-3-2-4-10-16;1-9-6-7-10-4-2-3-5-11(10)8-9/h2*2-10H,11-13H2,1H3;2-5H,1,6-8H2. The van der Waals surface area contributed by atoms with Crippen LogP contribution < -0.4 is 0 Å². The van der Waals surface area contributed by atoms with E-state index in [0.717, 1.165) is 36.3 Å². The van der Waals surface area contributed by atoms with Crippen molar-refractivity contribution in [2.75, 3.05) is 20.0 Å². The molecule has 6 heteroatoms. The number of carbonyl (C=O) groups is 2. The van der Waals surface area contributed by atoms with Crippen molar-refractivity contribution in [1.29, 1.82) is 0 Å². The van der Waals surface area contributed by atoms with Crippen molar-refractivity contribution in [2.45, 2.75) is 60.5 Å². The number of methoxy groups -OCH3 is 2. The van der Waals surface area contributed by atoms with Crippen LogP contribution in [-0.4, -0.2) is 31.9 Å². The molecule has 1 aliphatic carbocycles. The molecule has 5 aromatic rings. The molecule has 51 heavy (non-hydrogen) atoms. The third kappa shape index (κ3) is 14.3. The molecule has 5 aromatic carbocycles. The summed E-state index contributed by atoms with van der Waals surface area (Å²) >= 11 is 3.64. The lowest BCUT2D eigenvalue weighted by atomic mass is 9.89. The number of hydrogen-bond donors (Lipinski definition) is 0. The zero-order valence-electron chi connectivity index (χ0n) is 29.7. The molecule has 0 saturated heterocycles.